The average Bonchev–Trinajstić information content (AvgIpc) is 3.32. The Hall–Kier alpha value is -2.22. The van der Waals surface area contributed by atoms with Crippen molar-refractivity contribution in [2.24, 2.45) is 9.98 Å². The van der Waals surface area contributed by atoms with Crippen LogP contribution in [0.25, 0.3) is 11.1 Å². The SMILES string of the molecule is c1ccc(-c2ccccc2C2=NC2)c(C2=NC2)c1. The van der Waals surface area contributed by atoms with Crippen LogP contribution in [0.5, 0.6) is 0 Å². The van der Waals surface area contributed by atoms with Crippen LogP contribution in [0.1, 0.15) is 11.1 Å². The van der Waals surface area contributed by atoms with Crippen molar-refractivity contribution in [2.45, 2.75) is 0 Å². The summed E-state index contributed by atoms with van der Waals surface area (Å²) < 4.78 is 0. The van der Waals surface area contributed by atoms with Gasteiger partial charge in [0.2, 0.25) is 0 Å². The van der Waals surface area contributed by atoms with Gasteiger partial charge in [0.15, 0.2) is 0 Å². The molecule has 0 spiro atoms. The molecule has 2 aliphatic rings. The molecule has 0 radical (unpaired) electrons. The molecule has 0 saturated heterocycles. The van der Waals surface area contributed by atoms with Crippen LogP contribution in [0.3, 0.4) is 0 Å². The third kappa shape index (κ3) is 1.58. The van der Waals surface area contributed by atoms with E-state index in [0.717, 1.165) is 13.1 Å². The highest BCUT2D eigenvalue weighted by molar-refractivity contribution is 6.18. The summed E-state index contributed by atoms with van der Waals surface area (Å²) in [5, 5.41) is 0. The van der Waals surface area contributed by atoms with Gasteiger partial charge >= 0.3 is 0 Å². The zero-order valence-electron chi connectivity index (χ0n) is 9.93. The highest BCUT2D eigenvalue weighted by Crippen LogP contribution is 2.31. The lowest BCUT2D eigenvalue weighted by Crippen LogP contribution is -1.97. The fourth-order valence-corrected chi connectivity index (χ4v) is 2.36. The monoisotopic (exact) mass is 232 g/mol. The van der Waals surface area contributed by atoms with Crippen LogP contribution in [0.2, 0.25) is 0 Å². The molecule has 2 heteroatoms. The smallest absolute Gasteiger partial charge is 0.0818 e. The van der Waals surface area contributed by atoms with Crippen molar-refractivity contribution in [3.63, 3.8) is 0 Å². The molecule has 0 fully saturated rings. The van der Waals surface area contributed by atoms with Crippen molar-refractivity contribution >= 4 is 11.4 Å². The highest BCUT2D eigenvalue weighted by atomic mass is 14.9. The van der Waals surface area contributed by atoms with E-state index in [4.69, 9.17) is 0 Å². The normalized spacial score (nSPS) is 16.0. The van der Waals surface area contributed by atoms with E-state index in [2.05, 4.69) is 58.5 Å². The first-order valence-electron chi connectivity index (χ1n) is 6.19. The van der Waals surface area contributed by atoms with E-state index >= 15 is 0 Å². The van der Waals surface area contributed by atoms with Crippen LogP contribution in [-0.4, -0.2) is 24.5 Å². The summed E-state index contributed by atoms with van der Waals surface area (Å²) in [6.45, 7) is 1.78. The lowest BCUT2D eigenvalue weighted by molar-refractivity contribution is 1.56. The topological polar surface area (TPSA) is 24.7 Å². The van der Waals surface area contributed by atoms with Crippen LogP contribution in [0.15, 0.2) is 58.5 Å². The molecule has 2 aromatic rings. The van der Waals surface area contributed by atoms with Crippen molar-refractivity contribution in [3.05, 3.63) is 59.7 Å². The molecule has 2 nitrogen and oxygen atoms in total. The summed E-state index contributed by atoms with van der Waals surface area (Å²) in [5.41, 5.74) is 7.53. The predicted octanol–water partition coefficient (Wildman–Crippen LogP) is 2.96. The first kappa shape index (κ1) is 9.77. The fraction of sp³-hybridized carbons (Fsp3) is 0.125. The average molecular weight is 232 g/mol. The van der Waals surface area contributed by atoms with Crippen LogP contribution < -0.4 is 0 Å². The maximum absolute atomic E-state index is 4.34. The summed E-state index contributed by atoms with van der Waals surface area (Å²) >= 11 is 0. The zero-order chi connectivity index (χ0) is 11.9. The molecule has 4 rings (SSSR count). The summed E-state index contributed by atoms with van der Waals surface area (Å²) in [6, 6.07) is 17.0. The van der Waals surface area contributed by atoms with Gasteiger partial charge in [-0.2, -0.15) is 0 Å². The van der Waals surface area contributed by atoms with E-state index in [-0.39, 0.29) is 0 Å². The van der Waals surface area contributed by atoms with Gasteiger partial charge in [0.05, 0.1) is 24.5 Å². The molecule has 2 heterocycles. The molecule has 0 unspecified atom stereocenters. The second-order valence-electron chi connectivity index (χ2n) is 4.62. The number of hydrogen-bond donors (Lipinski definition) is 0. The van der Waals surface area contributed by atoms with Gasteiger partial charge in [-0.3, -0.25) is 9.98 Å². The van der Waals surface area contributed by atoms with Gasteiger partial charge < -0.3 is 0 Å². The van der Waals surface area contributed by atoms with E-state index in [9.17, 15) is 0 Å². The maximum Gasteiger partial charge on any atom is 0.0818 e. The fourth-order valence-electron chi connectivity index (χ4n) is 2.36. The lowest BCUT2D eigenvalue weighted by Gasteiger charge is -2.09. The Morgan fingerprint density at radius 2 is 0.889 bits per heavy atom. The molecule has 0 aromatic heterocycles. The van der Waals surface area contributed by atoms with Gasteiger partial charge in [-0.05, 0) is 11.1 Å². The maximum atomic E-state index is 4.34. The first-order valence-corrected chi connectivity index (χ1v) is 6.19. The quantitative estimate of drug-likeness (QED) is 0.777. The van der Waals surface area contributed by atoms with Crippen molar-refractivity contribution < 1.29 is 0 Å². The minimum Gasteiger partial charge on any atom is -0.281 e. The molecular weight excluding hydrogens is 220 g/mol. The molecular formula is C16H12N2. The van der Waals surface area contributed by atoms with Gasteiger partial charge in [-0.25, -0.2) is 0 Å². The summed E-state index contributed by atoms with van der Waals surface area (Å²) in [7, 11) is 0. The Morgan fingerprint density at radius 3 is 1.22 bits per heavy atom. The zero-order valence-corrected chi connectivity index (χ0v) is 9.93. The van der Waals surface area contributed by atoms with E-state index < -0.39 is 0 Å². The minimum atomic E-state index is 0.889. The van der Waals surface area contributed by atoms with Gasteiger partial charge in [0.25, 0.3) is 0 Å². The molecule has 2 aliphatic heterocycles. The van der Waals surface area contributed by atoms with Crippen molar-refractivity contribution in [2.75, 3.05) is 13.1 Å². The first-order chi connectivity index (χ1) is 8.93. The standard InChI is InChI=1S/C16H12N2/c1-3-7-13(15-9-17-15)11(5-1)12-6-2-4-8-14(12)16-10-18-16/h1-8H,9-10H2. The van der Waals surface area contributed by atoms with Crippen molar-refractivity contribution in [1.29, 1.82) is 0 Å². The van der Waals surface area contributed by atoms with E-state index in [1.807, 2.05) is 0 Å². The second kappa shape index (κ2) is 3.64. The Balaban J connectivity index is 1.93. The molecule has 0 aliphatic carbocycles. The molecule has 0 saturated carbocycles. The van der Waals surface area contributed by atoms with Crippen LogP contribution in [0.4, 0.5) is 0 Å². The molecule has 0 atom stereocenters. The summed E-state index contributed by atoms with van der Waals surface area (Å²) in [4.78, 5) is 8.67. The summed E-state index contributed by atoms with van der Waals surface area (Å²) in [5.74, 6) is 0. The molecule has 0 N–H and O–H groups in total. The lowest BCUT2D eigenvalue weighted by atomic mass is 9.93. The van der Waals surface area contributed by atoms with Gasteiger partial charge in [0, 0.05) is 11.1 Å². The minimum absolute atomic E-state index is 0.889. The van der Waals surface area contributed by atoms with Crippen LogP contribution >= 0.6 is 0 Å². The second-order valence-corrected chi connectivity index (χ2v) is 4.62. The van der Waals surface area contributed by atoms with Gasteiger partial charge in [-0.1, -0.05) is 48.5 Å². The van der Waals surface area contributed by atoms with Crippen molar-refractivity contribution in [1.82, 2.24) is 0 Å². The van der Waals surface area contributed by atoms with Crippen LogP contribution in [-0.2, 0) is 0 Å². The van der Waals surface area contributed by atoms with Gasteiger partial charge in [0.1, 0.15) is 0 Å². The van der Waals surface area contributed by atoms with Crippen molar-refractivity contribution in [3.8, 4) is 11.1 Å². The van der Waals surface area contributed by atoms with E-state index in [0.29, 0.717) is 0 Å². The predicted molar refractivity (Wildman–Crippen MR) is 74.7 cm³/mol. The Morgan fingerprint density at radius 1 is 0.556 bits per heavy atom. The van der Waals surface area contributed by atoms with E-state index in [1.165, 1.54) is 33.7 Å². The Labute approximate surface area is 106 Å². The largest absolute Gasteiger partial charge is 0.281 e. The molecule has 86 valence electrons. The molecule has 0 amide bonds. The summed E-state index contributed by atoms with van der Waals surface area (Å²) in [6.07, 6.45) is 0. The molecule has 18 heavy (non-hydrogen) atoms. The van der Waals surface area contributed by atoms with Gasteiger partial charge in [-0.15, -0.1) is 0 Å². The number of nitrogens with zero attached hydrogens (tertiary/aromatic N) is 2. The third-order valence-corrected chi connectivity index (χ3v) is 3.40. The number of hydrogen-bond acceptors (Lipinski definition) is 2. The third-order valence-electron chi connectivity index (χ3n) is 3.40. The highest BCUT2D eigenvalue weighted by Gasteiger charge is 2.21. The number of benzene rings is 2. The Kier molecular flexibility index (Phi) is 1.97. The molecule has 0 bridgehead atoms. The van der Waals surface area contributed by atoms with E-state index in [1.54, 1.807) is 0 Å². The Bertz CT molecular complexity index is 634. The number of aliphatic imine (C=N–C) groups is 2. The molecule has 2 aromatic carbocycles. The van der Waals surface area contributed by atoms with Crippen LogP contribution in [0, 0.1) is 0 Å². The number of rotatable bonds is 3.